The van der Waals surface area contributed by atoms with Gasteiger partial charge in [0.25, 0.3) is 11.8 Å². The molecule has 1 aliphatic rings. The summed E-state index contributed by atoms with van der Waals surface area (Å²) in [5, 5.41) is 3.80. The SMILES string of the molecule is CN1C(=O)C(=Cc2cn(CC(=O)NCc3ccco3)c3ccccc23)C(=O)N(C)C1=S. The van der Waals surface area contributed by atoms with Crippen molar-refractivity contribution in [2.24, 2.45) is 0 Å². The first kappa shape index (κ1) is 20.5. The summed E-state index contributed by atoms with van der Waals surface area (Å²) in [6.45, 7) is 0.375. The van der Waals surface area contributed by atoms with Gasteiger partial charge in [0.05, 0.1) is 12.8 Å². The normalized spacial score (nSPS) is 14.5. The van der Waals surface area contributed by atoms with Crippen molar-refractivity contribution in [3.8, 4) is 0 Å². The fraction of sp³-hybridized carbons (Fsp3) is 0.182. The molecule has 8 nitrogen and oxygen atoms in total. The maximum absolute atomic E-state index is 12.7. The standard InChI is InChI=1S/C22H20N4O4S/c1-24-20(28)17(21(29)25(2)22(24)31)10-14-12-26(18-8-4-3-7-16(14)18)13-19(27)23-11-15-6-5-9-30-15/h3-10,12H,11,13H2,1-2H3,(H,23,27). The van der Waals surface area contributed by atoms with Crippen LogP contribution in [0.5, 0.6) is 0 Å². The Morgan fingerprint density at radius 1 is 1.10 bits per heavy atom. The Balaban J connectivity index is 1.64. The van der Waals surface area contributed by atoms with Crippen LogP contribution in [0.3, 0.4) is 0 Å². The number of aromatic nitrogens is 1. The molecule has 2 aromatic heterocycles. The molecule has 1 saturated heterocycles. The first-order chi connectivity index (χ1) is 14.9. The van der Waals surface area contributed by atoms with Gasteiger partial charge in [-0.05, 0) is 36.5 Å². The lowest BCUT2D eigenvalue weighted by molar-refractivity contribution is -0.132. The average Bonchev–Trinajstić information content (AvgIpc) is 3.41. The molecule has 1 N–H and O–H groups in total. The molecule has 1 aliphatic heterocycles. The minimum Gasteiger partial charge on any atom is -0.467 e. The molecule has 158 valence electrons. The topological polar surface area (TPSA) is 87.8 Å². The molecule has 0 atom stereocenters. The molecule has 0 spiro atoms. The molecule has 3 amide bonds. The van der Waals surface area contributed by atoms with Gasteiger partial charge in [-0.3, -0.25) is 24.2 Å². The van der Waals surface area contributed by atoms with Crippen LogP contribution in [-0.4, -0.2) is 51.3 Å². The van der Waals surface area contributed by atoms with Gasteiger partial charge < -0.3 is 14.3 Å². The van der Waals surface area contributed by atoms with E-state index in [1.165, 1.54) is 23.9 Å². The number of amides is 3. The largest absolute Gasteiger partial charge is 0.467 e. The first-order valence-electron chi connectivity index (χ1n) is 9.55. The van der Waals surface area contributed by atoms with Crippen molar-refractivity contribution in [3.63, 3.8) is 0 Å². The second kappa shape index (κ2) is 8.19. The highest BCUT2D eigenvalue weighted by Gasteiger charge is 2.35. The third kappa shape index (κ3) is 3.87. The van der Waals surface area contributed by atoms with Gasteiger partial charge in [-0.25, -0.2) is 0 Å². The van der Waals surface area contributed by atoms with Gasteiger partial charge in [0.1, 0.15) is 17.9 Å². The lowest BCUT2D eigenvalue weighted by Crippen LogP contribution is -2.52. The van der Waals surface area contributed by atoms with Gasteiger partial charge in [0, 0.05) is 36.8 Å². The number of benzene rings is 1. The van der Waals surface area contributed by atoms with Crippen LogP contribution in [0.25, 0.3) is 17.0 Å². The Bertz CT molecular complexity index is 1200. The van der Waals surface area contributed by atoms with Crippen LogP contribution >= 0.6 is 12.2 Å². The molecule has 3 heterocycles. The van der Waals surface area contributed by atoms with Gasteiger partial charge >= 0.3 is 0 Å². The molecule has 0 saturated carbocycles. The van der Waals surface area contributed by atoms with Gasteiger partial charge in [0.2, 0.25) is 5.91 Å². The summed E-state index contributed by atoms with van der Waals surface area (Å²) in [4.78, 5) is 40.3. The zero-order valence-electron chi connectivity index (χ0n) is 17.0. The van der Waals surface area contributed by atoms with Crippen molar-refractivity contribution in [1.29, 1.82) is 0 Å². The number of fused-ring (bicyclic) bond motifs is 1. The van der Waals surface area contributed by atoms with Crippen molar-refractivity contribution in [3.05, 3.63) is 65.8 Å². The van der Waals surface area contributed by atoms with Crippen LogP contribution in [0, 0.1) is 0 Å². The van der Waals surface area contributed by atoms with E-state index in [0.717, 1.165) is 10.9 Å². The highest BCUT2D eigenvalue weighted by atomic mass is 32.1. The molecule has 0 aliphatic carbocycles. The van der Waals surface area contributed by atoms with E-state index in [1.54, 1.807) is 35.2 Å². The maximum atomic E-state index is 12.7. The molecule has 31 heavy (non-hydrogen) atoms. The predicted molar refractivity (Wildman–Crippen MR) is 119 cm³/mol. The monoisotopic (exact) mass is 436 g/mol. The van der Waals surface area contributed by atoms with Crippen LogP contribution in [0.15, 0.2) is 58.8 Å². The minimum atomic E-state index is -0.457. The van der Waals surface area contributed by atoms with Crippen molar-refractivity contribution in [1.82, 2.24) is 19.7 Å². The Labute approximate surface area is 183 Å². The van der Waals surface area contributed by atoms with Crippen molar-refractivity contribution < 1.29 is 18.8 Å². The van der Waals surface area contributed by atoms with Crippen LogP contribution in [0.4, 0.5) is 0 Å². The number of carbonyl (C=O) groups excluding carboxylic acids is 3. The fourth-order valence-corrected chi connectivity index (χ4v) is 3.63. The zero-order valence-corrected chi connectivity index (χ0v) is 17.8. The van der Waals surface area contributed by atoms with Gasteiger partial charge in [-0.1, -0.05) is 18.2 Å². The zero-order chi connectivity index (χ0) is 22.1. The van der Waals surface area contributed by atoms with Gasteiger partial charge in [-0.15, -0.1) is 0 Å². The lowest BCUT2D eigenvalue weighted by Gasteiger charge is -2.31. The molecule has 0 radical (unpaired) electrons. The Hall–Kier alpha value is -3.72. The number of thiocarbonyl (C=S) groups is 1. The lowest BCUT2D eigenvalue weighted by atomic mass is 10.1. The number of nitrogens with one attached hydrogen (secondary N) is 1. The molecule has 1 aromatic carbocycles. The summed E-state index contributed by atoms with van der Waals surface area (Å²) in [7, 11) is 3.07. The number of hydrogen-bond acceptors (Lipinski definition) is 5. The van der Waals surface area contributed by atoms with Crippen molar-refractivity contribution in [2.45, 2.75) is 13.1 Å². The third-order valence-corrected chi connectivity index (χ3v) is 5.66. The van der Waals surface area contributed by atoms with E-state index in [-0.39, 0.29) is 23.1 Å². The van der Waals surface area contributed by atoms with E-state index in [0.29, 0.717) is 17.9 Å². The van der Waals surface area contributed by atoms with E-state index >= 15 is 0 Å². The second-order valence-corrected chi connectivity index (χ2v) is 7.52. The first-order valence-corrected chi connectivity index (χ1v) is 9.96. The maximum Gasteiger partial charge on any atom is 0.265 e. The van der Waals surface area contributed by atoms with Gasteiger partial charge in [-0.2, -0.15) is 0 Å². The Morgan fingerprint density at radius 2 is 1.81 bits per heavy atom. The molecule has 4 rings (SSSR count). The van der Waals surface area contributed by atoms with Crippen LogP contribution in [-0.2, 0) is 27.5 Å². The second-order valence-electron chi connectivity index (χ2n) is 7.15. The molecule has 9 heteroatoms. The highest BCUT2D eigenvalue weighted by Crippen LogP contribution is 2.26. The summed E-state index contributed by atoms with van der Waals surface area (Å²) >= 11 is 5.13. The summed E-state index contributed by atoms with van der Waals surface area (Å²) in [6, 6.07) is 11.0. The molecule has 3 aromatic rings. The van der Waals surface area contributed by atoms with Crippen molar-refractivity contribution in [2.75, 3.05) is 14.1 Å². The van der Waals surface area contributed by atoms with Gasteiger partial charge in [0.15, 0.2) is 5.11 Å². The Morgan fingerprint density at radius 3 is 2.48 bits per heavy atom. The molecule has 1 fully saturated rings. The van der Waals surface area contributed by atoms with Crippen LogP contribution in [0.1, 0.15) is 11.3 Å². The molecule has 0 bridgehead atoms. The number of para-hydroxylation sites is 1. The quantitative estimate of drug-likeness (QED) is 0.376. The summed E-state index contributed by atoms with van der Waals surface area (Å²) in [5.74, 6) is -0.440. The van der Waals surface area contributed by atoms with E-state index in [4.69, 9.17) is 16.6 Å². The summed E-state index contributed by atoms with van der Waals surface area (Å²) in [5.41, 5.74) is 1.50. The number of hydrogen-bond donors (Lipinski definition) is 1. The van der Waals surface area contributed by atoms with E-state index in [9.17, 15) is 14.4 Å². The highest BCUT2D eigenvalue weighted by molar-refractivity contribution is 7.80. The summed E-state index contributed by atoms with van der Waals surface area (Å²) < 4.78 is 7.01. The minimum absolute atomic E-state index is 0.0174. The molecular weight excluding hydrogens is 416 g/mol. The molecule has 0 unspecified atom stereocenters. The number of carbonyl (C=O) groups is 3. The van der Waals surface area contributed by atoms with Crippen LogP contribution in [0.2, 0.25) is 0 Å². The third-order valence-electron chi connectivity index (χ3n) is 5.12. The van der Waals surface area contributed by atoms with Crippen LogP contribution < -0.4 is 5.32 Å². The number of rotatable bonds is 5. The average molecular weight is 436 g/mol. The smallest absolute Gasteiger partial charge is 0.265 e. The summed E-state index contributed by atoms with van der Waals surface area (Å²) in [6.07, 6.45) is 4.87. The number of likely N-dealkylation sites (N-methyl/N-ethyl adjacent to an activating group) is 2. The number of nitrogens with zero attached hydrogens (tertiary/aromatic N) is 3. The Kier molecular flexibility index (Phi) is 5.43. The van der Waals surface area contributed by atoms with Crippen molar-refractivity contribution >= 4 is 52.0 Å². The van der Waals surface area contributed by atoms with E-state index in [1.807, 2.05) is 24.3 Å². The predicted octanol–water partition coefficient (Wildman–Crippen LogP) is 2.15. The number of furan rings is 1. The fourth-order valence-electron chi connectivity index (χ4n) is 3.46. The van der Waals surface area contributed by atoms with E-state index < -0.39 is 11.8 Å². The van der Waals surface area contributed by atoms with E-state index in [2.05, 4.69) is 5.32 Å². The molecular formula is C22H20N4O4S.